The van der Waals surface area contributed by atoms with Crippen LogP contribution in [-0.4, -0.2) is 87.4 Å². The Hall–Kier alpha value is -5.35. The highest BCUT2D eigenvalue weighted by molar-refractivity contribution is 5.71. The van der Waals surface area contributed by atoms with Crippen molar-refractivity contribution >= 4 is 17.9 Å². The van der Waals surface area contributed by atoms with Crippen LogP contribution in [0.1, 0.15) is 309 Å². The number of carbonyl (C=O) groups is 3. The standard InChI is InChI=1S/C88H145NO8/c1-6-8-10-12-14-16-18-20-22-24-26-28-30-32-34-36-38-40-41-42-43-44-45-47-49-51-53-55-57-59-61-63-65-67-69-71-73-75-77-79-86(91)97-84(83-96-88(87(92)93)94-81-80-89(3,4)5)82-95-85(90)78-76-74-72-70-68-66-64-62-60-58-56-54-52-50-48-46-39-37-35-33-31-29-27-25-23-21-19-17-15-13-11-9-7-2/h8-11,14-17,20-23,26-29,32,34,38,40,42-43,45,47,51,53,57,59,84,88H,6-7,12-13,18-19,24-25,30-31,33,35-37,39,41,44,46,48-50,52,54-56,58,60-83H2,1-5H3/p+1/b10-8-,11-9-,16-14-,17-15-,22-20-,23-21-,28-26-,29-27-,34-32-,40-38-,43-42-,47-45-,53-51-,59-57-. The molecular formula is C88H146NO8+. The minimum atomic E-state index is -1.52. The number of hydrogen-bond donors (Lipinski definition) is 1. The summed E-state index contributed by atoms with van der Waals surface area (Å²) in [6.07, 6.45) is 112. The highest BCUT2D eigenvalue weighted by atomic mass is 16.7. The molecule has 0 amide bonds. The lowest BCUT2D eigenvalue weighted by Gasteiger charge is -2.25. The smallest absolute Gasteiger partial charge is 0.361 e. The van der Waals surface area contributed by atoms with E-state index in [4.69, 9.17) is 18.9 Å². The molecule has 97 heavy (non-hydrogen) atoms. The minimum Gasteiger partial charge on any atom is -0.477 e. The Bertz CT molecular complexity index is 2210. The van der Waals surface area contributed by atoms with Gasteiger partial charge in [-0.15, -0.1) is 0 Å². The SMILES string of the molecule is CC/C=C\C/C=C\C/C=C\C/C=C\C/C=C\C/C=C\C/C=C\C/C=C\C/C=C\C/C=C\CCCCCCCCCCC(=O)OC(COC(=O)CCCCCCCCCCCCCCCCCCCCCC/C=C\C/C=C\C/C=C\C/C=C\CC)COC(OCC[N+](C)(C)C)C(=O)O. The van der Waals surface area contributed by atoms with E-state index >= 15 is 0 Å². The molecule has 0 radical (unpaired) electrons. The van der Waals surface area contributed by atoms with Crippen molar-refractivity contribution in [3.05, 3.63) is 170 Å². The van der Waals surface area contributed by atoms with E-state index in [1.165, 1.54) is 141 Å². The number of quaternary nitrogens is 1. The van der Waals surface area contributed by atoms with Gasteiger partial charge in [0.1, 0.15) is 13.2 Å². The van der Waals surface area contributed by atoms with Gasteiger partial charge in [-0.1, -0.05) is 338 Å². The predicted molar refractivity (Wildman–Crippen MR) is 419 cm³/mol. The molecule has 0 heterocycles. The Morgan fingerprint density at radius 2 is 0.557 bits per heavy atom. The number of ether oxygens (including phenoxy) is 4. The van der Waals surface area contributed by atoms with Gasteiger partial charge in [-0.25, -0.2) is 4.79 Å². The highest BCUT2D eigenvalue weighted by Crippen LogP contribution is 2.18. The second-order valence-corrected chi connectivity index (χ2v) is 26.9. The summed E-state index contributed by atoms with van der Waals surface area (Å²) in [4.78, 5) is 37.7. The molecule has 9 heteroatoms. The van der Waals surface area contributed by atoms with Crippen LogP contribution in [0.15, 0.2) is 170 Å². The van der Waals surface area contributed by atoms with E-state index in [2.05, 4.69) is 184 Å². The predicted octanol–water partition coefficient (Wildman–Crippen LogP) is 25.4. The summed E-state index contributed by atoms with van der Waals surface area (Å²) in [6, 6.07) is 0. The maximum absolute atomic E-state index is 13.0. The number of carbonyl (C=O) groups excluding carboxylic acids is 2. The lowest BCUT2D eigenvalue weighted by molar-refractivity contribution is -0.870. The van der Waals surface area contributed by atoms with Crippen molar-refractivity contribution in [1.82, 2.24) is 0 Å². The van der Waals surface area contributed by atoms with Crippen molar-refractivity contribution in [2.75, 3.05) is 47.5 Å². The van der Waals surface area contributed by atoms with Crippen molar-refractivity contribution in [2.45, 2.75) is 322 Å². The number of rotatable bonds is 71. The average molecular weight is 1350 g/mol. The zero-order valence-electron chi connectivity index (χ0n) is 62.9. The van der Waals surface area contributed by atoms with Crippen LogP contribution in [-0.2, 0) is 33.3 Å². The number of likely N-dealkylation sites (N-methyl/N-ethyl adjacent to an activating group) is 1. The monoisotopic (exact) mass is 1350 g/mol. The van der Waals surface area contributed by atoms with E-state index < -0.39 is 24.3 Å². The fourth-order valence-electron chi connectivity index (χ4n) is 10.6. The zero-order valence-corrected chi connectivity index (χ0v) is 62.9. The van der Waals surface area contributed by atoms with Crippen molar-refractivity contribution in [1.29, 1.82) is 0 Å². The first-order chi connectivity index (χ1) is 47.6. The summed E-state index contributed by atoms with van der Waals surface area (Å²) in [5, 5.41) is 9.77. The van der Waals surface area contributed by atoms with Crippen molar-refractivity contribution < 1.29 is 42.9 Å². The molecule has 0 spiro atoms. The molecule has 0 aromatic heterocycles. The van der Waals surface area contributed by atoms with Crippen molar-refractivity contribution in [3.63, 3.8) is 0 Å². The maximum atomic E-state index is 13.0. The number of allylic oxidation sites excluding steroid dienone is 28. The molecule has 2 atom stereocenters. The summed E-state index contributed by atoms with van der Waals surface area (Å²) >= 11 is 0. The third kappa shape index (κ3) is 77.9. The molecule has 0 aliphatic heterocycles. The van der Waals surface area contributed by atoms with E-state index in [1.807, 2.05) is 21.1 Å². The lowest BCUT2D eigenvalue weighted by atomic mass is 10.0. The second-order valence-electron chi connectivity index (χ2n) is 26.9. The molecule has 1 N–H and O–H groups in total. The topological polar surface area (TPSA) is 108 Å². The van der Waals surface area contributed by atoms with Gasteiger partial charge in [0.25, 0.3) is 6.29 Å². The Balaban J connectivity index is 4.11. The van der Waals surface area contributed by atoms with Crippen LogP contribution in [0.2, 0.25) is 0 Å². The van der Waals surface area contributed by atoms with Crippen LogP contribution >= 0.6 is 0 Å². The van der Waals surface area contributed by atoms with E-state index in [-0.39, 0.29) is 32.2 Å². The summed E-state index contributed by atoms with van der Waals surface area (Å²) < 4.78 is 23.0. The van der Waals surface area contributed by atoms with Gasteiger partial charge in [-0.3, -0.25) is 9.59 Å². The molecule has 0 aliphatic carbocycles. The third-order valence-electron chi connectivity index (χ3n) is 16.5. The van der Waals surface area contributed by atoms with Crippen LogP contribution in [0.5, 0.6) is 0 Å². The molecule has 9 nitrogen and oxygen atoms in total. The molecule has 0 fully saturated rings. The number of carboxylic acid groups (broad SMARTS) is 1. The molecule has 550 valence electrons. The summed E-state index contributed by atoms with van der Waals surface area (Å²) in [5.41, 5.74) is 0. The Labute approximate surface area is 597 Å². The molecule has 0 saturated heterocycles. The van der Waals surface area contributed by atoms with Gasteiger partial charge in [0.2, 0.25) is 0 Å². The molecular weight excluding hydrogens is 1200 g/mol. The summed E-state index contributed by atoms with van der Waals surface area (Å²) in [5.74, 6) is -2.02. The second kappa shape index (κ2) is 76.4. The van der Waals surface area contributed by atoms with Gasteiger partial charge < -0.3 is 28.5 Å². The number of aliphatic carboxylic acids is 1. The van der Waals surface area contributed by atoms with E-state index in [0.29, 0.717) is 23.9 Å². The first-order valence-corrected chi connectivity index (χ1v) is 39.3. The van der Waals surface area contributed by atoms with E-state index in [9.17, 15) is 19.5 Å². The van der Waals surface area contributed by atoms with Crippen molar-refractivity contribution in [3.8, 4) is 0 Å². The number of nitrogens with zero attached hydrogens (tertiary/aromatic N) is 1. The van der Waals surface area contributed by atoms with Gasteiger partial charge in [0.05, 0.1) is 34.4 Å². The number of hydrogen-bond acceptors (Lipinski definition) is 7. The third-order valence-corrected chi connectivity index (χ3v) is 16.5. The van der Waals surface area contributed by atoms with Crippen LogP contribution in [0, 0.1) is 0 Å². The fraction of sp³-hybridized carbons (Fsp3) is 0.648. The fourth-order valence-corrected chi connectivity index (χ4v) is 10.6. The zero-order chi connectivity index (χ0) is 70.4. The van der Waals surface area contributed by atoms with Crippen molar-refractivity contribution in [2.24, 2.45) is 0 Å². The summed E-state index contributed by atoms with van der Waals surface area (Å²) in [7, 11) is 5.97. The number of esters is 2. The molecule has 0 aromatic rings. The lowest BCUT2D eigenvalue weighted by Crippen LogP contribution is -2.40. The molecule has 0 bridgehead atoms. The van der Waals surface area contributed by atoms with Gasteiger partial charge in [0, 0.05) is 12.8 Å². The van der Waals surface area contributed by atoms with E-state index in [0.717, 1.165) is 135 Å². The van der Waals surface area contributed by atoms with Gasteiger partial charge in [-0.2, -0.15) is 0 Å². The minimum absolute atomic E-state index is 0.179. The number of unbranched alkanes of at least 4 members (excludes halogenated alkanes) is 28. The first kappa shape index (κ1) is 91.6. The van der Waals surface area contributed by atoms with Crippen LogP contribution < -0.4 is 0 Å². The average Bonchev–Trinajstić information content (AvgIpc) is 2.39. The van der Waals surface area contributed by atoms with Gasteiger partial charge in [-0.05, 0) is 128 Å². The largest absolute Gasteiger partial charge is 0.477 e. The normalized spacial score (nSPS) is 13.6. The van der Waals surface area contributed by atoms with Crippen LogP contribution in [0.4, 0.5) is 0 Å². The summed E-state index contributed by atoms with van der Waals surface area (Å²) in [6.45, 7) is 4.65. The quantitative estimate of drug-likeness (QED) is 0.0211. The Kier molecular flexibility index (Phi) is 72.2. The Morgan fingerprint density at radius 1 is 0.309 bits per heavy atom. The highest BCUT2D eigenvalue weighted by Gasteiger charge is 2.25. The first-order valence-electron chi connectivity index (χ1n) is 39.3. The molecule has 0 aliphatic rings. The Morgan fingerprint density at radius 3 is 0.825 bits per heavy atom. The molecule has 0 aromatic carbocycles. The van der Waals surface area contributed by atoms with Crippen LogP contribution in [0.25, 0.3) is 0 Å². The van der Waals surface area contributed by atoms with E-state index in [1.54, 1.807) is 0 Å². The van der Waals surface area contributed by atoms with Crippen LogP contribution in [0.3, 0.4) is 0 Å². The molecule has 0 saturated carbocycles. The van der Waals surface area contributed by atoms with Gasteiger partial charge >= 0.3 is 17.9 Å². The molecule has 2 unspecified atom stereocenters. The number of carboxylic acids is 1. The van der Waals surface area contributed by atoms with Gasteiger partial charge in [0.15, 0.2) is 6.10 Å². The maximum Gasteiger partial charge on any atom is 0.361 e. The molecule has 0 rings (SSSR count).